The van der Waals surface area contributed by atoms with Crippen molar-refractivity contribution in [3.8, 4) is 12.3 Å². The third-order valence-corrected chi connectivity index (χ3v) is 2.80. The van der Waals surface area contributed by atoms with Gasteiger partial charge in [-0.25, -0.2) is 0 Å². The average Bonchev–Trinajstić information content (AvgIpc) is 2.49. The Bertz CT molecular complexity index is 245. The van der Waals surface area contributed by atoms with Crippen LogP contribution in [0.3, 0.4) is 0 Å². The van der Waals surface area contributed by atoms with Crippen molar-refractivity contribution >= 4 is 0 Å². The summed E-state index contributed by atoms with van der Waals surface area (Å²) in [6.07, 6.45) is 9.21. The third kappa shape index (κ3) is 10.2. The van der Waals surface area contributed by atoms with Crippen LogP contribution in [-0.4, -0.2) is 59.1 Å². The minimum atomic E-state index is -0.0290. The van der Waals surface area contributed by atoms with E-state index in [-0.39, 0.29) is 6.29 Å². The zero-order valence-electron chi connectivity index (χ0n) is 12.2. The summed E-state index contributed by atoms with van der Waals surface area (Å²) in [5.41, 5.74) is 0. The molecule has 0 aromatic heterocycles. The summed E-state index contributed by atoms with van der Waals surface area (Å²) in [7, 11) is 0. The van der Waals surface area contributed by atoms with Gasteiger partial charge in [0.1, 0.15) is 6.61 Å². The Balaban J connectivity index is 1.71. The van der Waals surface area contributed by atoms with E-state index in [9.17, 15) is 0 Å². The van der Waals surface area contributed by atoms with Gasteiger partial charge in [-0.3, -0.25) is 0 Å². The number of hydrogen-bond donors (Lipinski definition) is 0. The molecule has 0 radical (unpaired) electrons. The van der Waals surface area contributed by atoms with Crippen molar-refractivity contribution in [1.82, 2.24) is 0 Å². The van der Waals surface area contributed by atoms with Gasteiger partial charge in [0, 0.05) is 19.8 Å². The SMILES string of the molecule is C#CCOCCOCCCOCCOC1CCCCO1. The van der Waals surface area contributed by atoms with E-state index in [0.29, 0.717) is 46.2 Å². The minimum absolute atomic E-state index is 0.0290. The molecule has 1 fully saturated rings. The zero-order chi connectivity index (χ0) is 14.3. The van der Waals surface area contributed by atoms with Crippen LogP contribution in [0.4, 0.5) is 0 Å². The van der Waals surface area contributed by atoms with Crippen molar-refractivity contribution < 1.29 is 23.7 Å². The standard InChI is InChI=1S/C15H26O5/c1-2-7-16-11-12-17-8-5-9-18-13-14-20-15-6-3-4-10-19-15/h1,15H,3-14H2. The van der Waals surface area contributed by atoms with Gasteiger partial charge in [0.2, 0.25) is 0 Å². The van der Waals surface area contributed by atoms with Crippen molar-refractivity contribution in [1.29, 1.82) is 0 Å². The topological polar surface area (TPSA) is 46.2 Å². The summed E-state index contributed by atoms with van der Waals surface area (Å²) in [5, 5.41) is 0. The van der Waals surface area contributed by atoms with Gasteiger partial charge >= 0.3 is 0 Å². The lowest BCUT2D eigenvalue weighted by Crippen LogP contribution is -2.24. The maximum Gasteiger partial charge on any atom is 0.157 e. The quantitative estimate of drug-likeness (QED) is 0.403. The van der Waals surface area contributed by atoms with Gasteiger partial charge in [-0.05, 0) is 25.7 Å². The Labute approximate surface area is 121 Å². The van der Waals surface area contributed by atoms with E-state index in [0.717, 1.165) is 25.9 Å². The molecule has 20 heavy (non-hydrogen) atoms. The summed E-state index contributed by atoms with van der Waals surface area (Å²) >= 11 is 0. The van der Waals surface area contributed by atoms with Crippen LogP contribution in [-0.2, 0) is 23.7 Å². The molecule has 5 heteroatoms. The molecular formula is C15H26O5. The Morgan fingerprint density at radius 3 is 2.40 bits per heavy atom. The van der Waals surface area contributed by atoms with Crippen molar-refractivity contribution in [2.24, 2.45) is 0 Å². The molecule has 1 aliphatic heterocycles. The van der Waals surface area contributed by atoms with Gasteiger partial charge in [-0.15, -0.1) is 6.42 Å². The van der Waals surface area contributed by atoms with E-state index in [4.69, 9.17) is 30.1 Å². The molecule has 1 aliphatic rings. The second-order valence-electron chi connectivity index (χ2n) is 4.50. The lowest BCUT2D eigenvalue weighted by Gasteiger charge is -2.22. The molecule has 1 saturated heterocycles. The van der Waals surface area contributed by atoms with Gasteiger partial charge in [0.05, 0.1) is 26.4 Å². The predicted molar refractivity (Wildman–Crippen MR) is 75.5 cm³/mol. The van der Waals surface area contributed by atoms with Crippen LogP contribution < -0.4 is 0 Å². The summed E-state index contributed by atoms with van der Waals surface area (Å²) in [6, 6.07) is 0. The monoisotopic (exact) mass is 286 g/mol. The highest BCUT2D eigenvalue weighted by atomic mass is 16.7. The first kappa shape index (κ1) is 17.4. The summed E-state index contributed by atoms with van der Waals surface area (Å²) < 4.78 is 26.9. The largest absolute Gasteiger partial charge is 0.379 e. The predicted octanol–water partition coefficient (Wildman–Crippen LogP) is 1.60. The average molecular weight is 286 g/mol. The molecule has 0 aromatic carbocycles. The van der Waals surface area contributed by atoms with Gasteiger partial charge in [0.25, 0.3) is 0 Å². The second kappa shape index (κ2) is 13.3. The van der Waals surface area contributed by atoms with Crippen molar-refractivity contribution in [2.75, 3.05) is 52.9 Å². The molecule has 116 valence electrons. The number of terminal acetylenes is 1. The van der Waals surface area contributed by atoms with E-state index in [2.05, 4.69) is 5.92 Å². The van der Waals surface area contributed by atoms with Crippen LogP contribution in [0.1, 0.15) is 25.7 Å². The first-order chi connectivity index (χ1) is 9.93. The fraction of sp³-hybridized carbons (Fsp3) is 0.867. The van der Waals surface area contributed by atoms with Gasteiger partial charge in [-0.1, -0.05) is 5.92 Å². The van der Waals surface area contributed by atoms with Gasteiger partial charge < -0.3 is 23.7 Å². The molecule has 1 heterocycles. The van der Waals surface area contributed by atoms with E-state index >= 15 is 0 Å². The maximum absolute atomic E-state index is 5.55. The molecule has 0 aromatic rings. The van der Waals surface area contributed by atoms with Crippen LogP contribution in [0.2, 0.25) is 0 Å². The fourth-order valence-electron chi connectivity index (χ4n) is 1.80. The zero-order valence-corrected chi connectivity index (χ0v) is 12.2. The highest BCUT2D eigenvalue weighted by Gasteiger charge is 2.13. The second-order valence-corrected chi connectivity index (χ2v) is 4.50. The number of ether oxygens (including phenoxy) is 5. The van der Waals surface area contributed by atoms with Crippen LogP contribution in [0.15, 0.2) is 0 Å². The summed E-state index contributed by atoms with van der Waals surface area (Å²) in [4.78, 5) is 0. The van der Waals surface area contributed by atoms with Crippen LogP contribution in [0.25, 0.3) is 0 Å². The minimum Gasteiger partial charge on any atom is -0.379 e. The highest BCUT2D eigenvalue weighted by Crippen LogP contribution is 2.13. The number of rotatable bonds is 12. The van der Waals surface area contributed by atoms with Gasteiger partial charge in [-0.2, -0.15) is 0 Å². The Hall–Kier alpha value is -0.640. The number of hydrogen-bond acceptors (Lipinski definition) is 5. The molecule has 1 rings (SSSR count). The molecule has 0 bridgehead atoms. The molecule has 1 unspecified atom stereocenters. The lowest BCUT2D eigenvalue weighted by atomic mass is 10.2. The van der Waals surface area contributed by atoms with E-state index < -0.39 is 0 Å². The lowest BCUT2D eigenvalue weighted by molar-refractivity contribution is -0.169. The molecule has 0 spiro atoms. The van der Waals surface area contributed by atoms with E-state index in [1.807, 2.05) is 0 Å². The van der Waals surface area contributed by atoms with E-state index in [1.165, 1.54) is 6.42 Å². The Morgan fingerprint density at radius 1 is 0.950 bits per heavy atom. The van der Waals surface area contributed by atoms with E-state index in [1.54, 1.807) is 0 Å². The van der Waals surface area contributed by atoms with Crippen molar-refractivity contribution in [3.63, 3.8) is 0 Å². The highest BCUT2D eigenvalue weighted by molar-refractivity contribution is 4.82. The Morgan fingerprint density at radius 2 is 1.70 bits per heavy atom. The molecule has 0 saturated carbocycles. The first-order valence-corrected chi connectivity index (χ1v) is 7.33. The Kier molecular flexibility index (Phi) is 11.6. The summed E-state index contributed by atoms with van der Waals surface area (Å²) in [6.45, 7) is 4.82. The van der Waals surface area contributed by atoms with Crippen LogP contribution in [0, 0.1) is 12.3 Å². The van der Waals surface area contributed by atoms with Gasteiger partial charge in [0.15, 0.2) is 6.29 Å². The first-order valence-electron chi connectivity index (χ1n) is 7.33. The van der Waals surface area contributed by atoms with Crippen LogP contribution >= 0.6 is 0 Å². The van der Waals surface area contributed by atoms with Crippen molar-refractivity contribution in [3.05, 3.63) is 0 Å². The van der Waals surface area contributed by atoms with Crippen LogP contribution in [0.5, 0.6) is 0 Å². The molecule has 0 N–H and O–H groups in total. The molecule has 1 atom stereocenters. The molecule has 0 aliphatic carbocycles. The maximum atomic E-state index is 5.55. The third-order valence-electron chi connectivity index (χ3n) is 2.80. The molecule has 0 amide bonds. The fourth-order valence-corrected chi connectivity index (χ4v) is 1.80. The van der Waals surface area contributed by atoms with Crippen molar-refractivity contribution in [2.45, 2.75) is 32.0 Å². The normalized spacial score (nSPS) is 18.9. The summed E-state index contributed by atoms with van der Waals surface area (Å²) in [5.74, 6) is 2.40. The smallest absolute Gasteiger partial charge is 0.157 e. The molecular weight excluding hydrogens is 260 g/mol. The molecule has 5 nitrogen and oxygen atoms in total.